The molecule has 0 aliphatic carbocycles. The molecule has 0 fully saturated rings. The van der Waals surface area contributed by atoms with Crippen molar-refractivity contribution in [1.82, 2.24) is 3.82 Å². The van der Waals surface area contributed by atoms with Crippen LogP contribution in [-0.4, -0.2) is 31.1 Å². The van der Waals surface area contributed by atoms with Gasteiger partial charge in [-0.25, -0.2) is 5.84 Å². The molecule has 0 aliphatic rings. The van der Waals surface area contributed by atoms with E-state index in [0.717, 1.165) is 3.82 Å². The molecule has 2 nitrogen and oxygen atoms in total. The van der Waals surface area contributed by atoms with Gasteiger partial charge in [0.1, 0.15) is 0 Å². The van der Waals surface area contributed by atoms with Crippen molar-refractivity contribution in [1.29, 1.82) is 0 Å². The molecule has 0 heterocycles. The first-order valence-corrected chi connectivity index (χ1v) is 1.46. The monoisotopic (exact) mass is 306 g/mol. The summed E-state index contributed by atoms with van der Waals surface area (Å²) in [6, 6.07) is 0. The van der Waals surface area contributed by atoms with E-state index in [2.05, 4.69) is 31.5 Å². The molecule has 0 saturated carbocycles. The van der Waals surface area contributed by atoms with Crippen LogP contribution in [-0.2, 0) is 0 Å². The number of hydrogen-bond donors (Lipinski definition) is 3. The summed E-state index contributed by atoms with van der Waals surface area (Å²) in [7, 11) is 0. The van der Waals surface area contributed by atoms with E-state index < -0.39 is 0 Å². The molecule has 0 rings (SSSR count). The molecule has 5 heteroatoms. The molecule has 2 radical (unpaired) electrons. The van der Waals surface area contributed by atoms with Crippen molar-refractivity contribution in [3.8, 4) is 0 Å². The third-order valence-corrected chi connectivity index (χ3v) is 0. The van der Waals surface area contributed by atoms with Gasteiger partial charge in [-0.1, -0.05) is 25.6 Å². The molecule has 0 aliphatic heterocycles. The average Bonchev–Trinajstić information content (AvgIpc) is 0.811. The summed E-state index contributed by atoms with van der Waals surface area (Å²) < 4.78 is 0.889. The van der Waals surface area contributed by atoms with Crippen LogP contribution in [0.25, 0.3) is 0 Å². The fourth-order valence-corrected chi connectivity index (χ4v) is 0. The van der Waals surface area contributed by atoms with E-state index in [0.29, 0.717) is 0 Å². The second-order valence-corrected chi connectivity index (χ2v) is 1.50. The Kier molecular flexibility index (Phi) is 10.8. The number of thiol groups is 2. The minimum atomic E-state index is 0. The molecule has 0 aromatic heterocycles. The molecule has 0 unspecified atom stereocenters. The Morgan fingerprint density at radius 1 is 1.40 bits per heavy atom. The van der Waals surface area contributed by atoms with Gasteiger partial charge in [0.25, 0.3) is 0 Å². The molecule has 0 spiro atoms. The summed E-state index contributed by atoms with van der Waals surface area (Å²) in [5, 5.41) is 0. The van der Waals surface area contributed by atoms with E-state index in [1.54, 1.807) is 0 Å². The Bertz CT molecular complexity index is 12.4. The minimum absolute atomic E-state index is 0. The third-order valence-electron chi connectivity index (χ3n) is 0. The van der Waals surface area contributed by atoms with Crippen LogP contribution in [0.15, 0.2) is 0 Å². The summed E-state index contributed by atoms with van der Waals surface area (Å²) in [6.45, 7) is 0. The van der Waals surface area contributed by atoms with Crippen LogP contribution in [0.1, 0.15) is 0 Å². The van der Waals surface area contributed by atoms with Crippen LogP contribution in [0.5, 0.6) is 0 Å². The maximum atomic E-state index is 4.67. The molecular weight excluding hydrogens is 299 g/mol. The zero-order valence-corrected chi connectivity index (χ0v) is 9.91. The van der Waals surface area contributed by atoms with E-state index in [1.165, 1.54) is 0 Å². The van der Waals surface area contributed by atoms with Gasteiger partial charge in [-0.15, -0.1) is 3.82 Å². The van der Waals surface area contributed by atoms with Gasteiger partial charge >= 0.3 is 27.3 Å². The van der Waals surface area contributed by atoms with Crippen LogP contribution in [0, 0.1) is 0 Å². The van der Waals surface area contributed by atoms with Gasteiger partial charge in [-0.3, -0.25) is 0 Å². The van der Waals surface area contributed by atoms with Crippen molar-refractivity contribution < 1.29 is 0 Å². The van der Waals surface area contributed by atoms with Crippen LogP contribution in [0.4, 0.5) is 0 Å². The van der Waals surface area contributed by atoms with E-state index >= 15 is 0 Å². The Labute approximate surface area is 62.3 Å². The zero-order valence-electron chi connectivity index (χ0n) is 2.63. The van der Waals surface area contributed by atoms with Crippen LogP contribution >= 0.6 is 25.6 Å². The Balaban J connectivity index is 0. The van der Waals surface area contributed by atoms with Gasteiger partial charge in [0, 0.05) is 0 Å². The van der Waals surface area contributed by atoms with Crippen molar-refractivity contribution in [2.45, 2.75) is 0 Å². The second kappa shape index (κ2) is 5.54. The second-order valence-electron chi connectivity index (χ2n) is 0.320. The van der Waals surface area contributed by atoms with Crippen molar-refractivity contribution in [3.63, 3.8) is 0 Å². The Morgan fingerprint density at radius 2 is 1.40 bits per heavy atom. The molecule has 0 atom stereocenters. The predicted octanol–water partition coefficient (Wildman–Crippen LogP) is -1.06. The van der Waals surface area contributed by atoms with Crippen molar-refractivity contribution in [2.24, 2.45) is 5.84 Å². The summed E-state index contributed by atoms with van der Waals surface area (Å²) >= 11 is 6.88. The van der Waals surface area contributed by atoms with Crippen molar-refractivity contribution in [3.05, 3.63) is 0 Å². The molecule has 5 heavy (non-hydrogen) atoms. The van der Waals surface area contributed by atoms with Crippen LogP contribution < -0.4 is 5.84 Å². The van der Waals surface area contributed by atoms with Gasteiger partial charge in [-0.2, -0.15) is 0 Å². The van der Waals surface area contributed by atoms with Gasteiger partial charge < -0.3 is 0 Å². The molecule has 0 aromatic carbocycles. The summed E-state index contributed by atoms with van der Waals surface area (Å²) in [5.74, 6) is 4.67. The number of hydrogen-bond acceptors (Lipinski definition) is 4. The summed E-state index contributed by atoms with van der Waals surface area (Å²) in [6.07, 6.45) is 0. The quantitative estimate of drug-likeness (QED) is 0.230. The van der Waals surface area contributed by atoms with Gasteiger partial charge in [-0.05, 0) is 0 Å². The van der Waals surface area contributed by atoms with Crippen LogP contribution in [0.3, 0.4) is 0 Å². The molecule has 32 valence electrons. The number of hydrazine groups is 1. The van der Waals surface area contributed by atoms with Gasteiger partial charge in [0.05, 0.1) is 0 Å². The molecular formula is H6N2PbS2. The fraction of sp³-hybridized carbons (Fsp3) is 0. The van der Waals surface area contributed by atoms with Gasteiger partial charge in [0.2, 0.25) is 0 Å². The molecule has 0 saturated heterocycles. The Hall–Kier alpha value is 1.54. The van der Waals surface area contributed by atoms with Crippen molar-refractivity contribution in [2.75, 3.05) is 0 Å². The number of nitrogens with zero attached hydrogens (tertiary/aromatic N) is 1. The maximum absolute atomic E-state index is 4.67. The molecule has 0 bridgehead atoms. The third kappa shape index (κ3) is 29.2. The normalized spacial score (nSPS) is 7.20. The average molecular weight is 305 g/mol. The Morgan fingerprint density at radius 3 is 1.40 bits per heavy atom. The number of rotatable bonds is 0. The van der Waals surface area contributed by atoms with Gasteiger partial charge in [0.15, 0.2) is 0 Å². The van der Waals surface area contributed by atoms with E-state index in [1.807, 2.05) is 0 Å². The van der Waals surface area contributed by atoms with Crippen molar-refractivity contribution >= 4 is 52.9 Å². The van der Waals surface area contributed by atoms with E-state index in [9.17, 15) is 0 Å². The van der Waals surface area contributed by atoms with Crippen LogP contribution in [0.2, 0.25) is 0 Å². The first-order chi connectivity index (χ1) is 1.73. The SMILES string of the molecule is NN(S)S.[PbH2]. The molecule has 2 N–H and O–H groups in total. The standard InChI is InChI=1S/H4N2S2.Pb.2H/c1-2(3)4;;;/h3-4H,1H2;;;. The predicted molar refractivity (Wildman–Crippen MR) is 32.5 cm³/mol. The number of nitrogens with two attached hydrogens (primary N) is 1. The topological polar surface area (TPSA) is 29.3 Å². The summed E-state index contributed by atoms with van der Waals surface area (Å²) in [4.78, 5) is 0. The van der Waals surface area contributed by atoms with E-state index in [-0.39, 0.29) is 27.3 Å². The first-order valence-electron chi connectivity index (χ1n) is 0.658. The van der Waals surface area contributed by atoms with E-state index in [4.69, 9.17) is 0 Å². The summed E-state index contributed by atoms with van der Waals surface area (Å²) in [5.41, 5.74) is 0. The fourth-order valence-electron chi connectivity index (χ4n) is 0. The molecule has 0 aromatic rings. The first kappa shape index (κ1) is 9.74. The molecule has 0 amide bonds. The zero-order chi connectivity index (χ0) is 3.58.